The first-order chi connectivity index (χ1) is 8.74. The van der Waals surface area contributed by atoms with Crippen molar-refractivity contribution in [3.05, 3.63) is 59.7 Å². The molecule has 3 heteroatoms. The lowest BCUT2D eigenvalue weighted by Crippen LogP contribution is -2.23. The first kappa shape index (κ1) is 13.6. The Bertz CT molecular complexity index is 507. The Hall–Kier alpha value is -0.850. The highest BCUT2D eigenvalue weighted by Gasteiger charge is 2.29. The van der Waals surface area contributed by atoms with Gasteiger partial charge in [-0.05, 0) is 5.56 Å². The van der Waals surface area contributed by atoms with Crippen LogP contribution in [0.5, 0.6) is 0 Å². The van der Waals surface area contributed by atoms with Gasteiger partial charge in [-0.15, -0.1) is 0 Å². The summed E-state index contributed by atoms with van der Waals surface area (Å²) in [6.45, 7) is 0. The fourth-order valence-corrected chi connectivity index (χ4v) is 3.72. The summed E-state index contributed by atoms with van der Waals surface area (Å²) in [5.41, 5.74) is 1.90. The SMILES string of the molecule is N#CC1=CC(CBr)(CBr)C=CC1c1ccccc1. The summed E-state index contributed by atoms with van der Waals surface area (Å²) < 4.78 is 0. The molecule has 1 aliphatic carbocycles. The van der Waals surface area contributed by atoms with Gasteiger partial charge in [-0.2, -0.15) is 5.26 Å². The van der Waals surface area contributed by atoms with E-state index in [0.29, 0.717) is 0 Å². The van der Waals surface area contributed by atoms with E-state index in [1.165, 1.54) is 5.56 Å². The number of nitrogens with zero attached hydrogens (tertiary/aromatic N) is 1. The monoisotopic (exact) mass is 365 g/mol. The Labute approximate surface area is 124 Å². The molecule has 92 valence electrons. The third-order valence-corrected chi connectivity index (χ3v) is 5.27. The van der Waals surface area contributed by atoms with Gasteiger partial charge in [0.2, 0.25) is 0 Å². The van der Waals surface area contributed by atoms with Crippen molar-refractivity contribution in [3.63, 3.8) is 0 Å². The van der Waals surface area contributed by atoms with E-state index < -0.39 is 0 Å². The van der Waals surface area contributed by atoms with E-state index in [2.05, 4.69) is 68.3 Å². The fourth-order valence-electron chi connectivity index (χ4n) is 2.09. The van der Waals surface area contributed by atoms with Crippen molar-refractivity contribution in [2.24, 2.45) is 5.41 Å². The Balaban J connectivity index is 2.38. The van der Waals surface area contributed by atoms with Crippen LogP contribution in [0.25, 0.3) is 0 Å². The molecule has 0 amide bonds. The summed E-state index contributed by atoms with van der Waals surface area (Å²) in [5, 5.41) is 11.0. The molecule has 0 aromatic heterocycles. The molecule has 0 saturated heterocycles. The number of hydrogen-bond acceptors (Lipinski definition) is 1. The van der Waals surface area contributed by atoms with Crippen LogP contribution in [0.3, 0.4) is 0 Å². The van der Waals surface area contributed by atoms with Crippen LogP contribution in [0, 0.1) is 16.7 Å². The number of benzene rings is 1. The number of halogens is 2. The van der Waals surface area contributed by atoms with Gasteiger partial charge in [0, 0.05) is 27.6 Å². The zero-order valence-electron chi connectivity index (χ0n) is 9.81. The third-order valence-electron chi connectivity index (χ3n) is 3.18. The second-order valence-corrected chi connectivity index (χ2v) is 5.58. The third kappa shape index (κ3) is 2.60. The van der Waals surface area contributed by atoms with Gasteiger partial charge in [0.1, 0.15) is 0 Å². The summed E-state index contributed by atoms with van der Waals surface area (Å²) >= 11 is 7.05. The predicted octanol–water partition coefficient (Wildman–Crippen LogP) is 4.57. The molecule has 1 aromatic rings. The lowest BCUT2D eigenvalue weighted by atomic mass is 9.78. The van der Waals surface area contributed by atoms with E-state index >= 15 is 0 Å². The molecule has 18 heavy (non-hydrogen) atoms. The largest absolute Gasteiger partial charge is 0.193 e. The molecule has 0 aliphatic heterocycles. The molecule has 0 radical (unpaired) electrons. The van der Waals surface area contributed by atoms with Crippen molar-refractivity contribution in [1.82, 2.24) is 0 Å². The van der Waals surface area contributed by atoms with Gasteiger partial charge in [0.25, 0.3) is 0 Å². The molecule has 0 spiro atoms. The van der Waals surface area contributed by atoms with E-state index in [4.69, 9.17) is 0 Å². The maximum absolute atomic E-state index is 9.36. The maximum atomic E-state index is 9.36. The van der Waals surface area contributed by atoms with Gasteiger partial charge in [0.15, 0.2) is 0 Å². The number of hydrogen-bond donors (Lipinski definition) is 0. The molecule has 2 rings (SSSR count). The Morgan fingerprint density at radius 3 is 2.39 bits per heavy atom. The van der Waals surface area contributed by atoms with E-state index in [-0.39, 0.29) is 11.3 Å². The van der Waals surface area contributed by atoms with E-state index in [9.17, 15) is 5.26 Å². The van der Waals surface area contributed by atoms with Crippen LogP contribution >= 0.6 is 31.9 Å². The molecule has 0 fully saturated rings. The van der Waals surface area contributed by atoms with E-state index in [0.717, 1.165) is 16.2 Å². The lowest BCUT2D eigenvalue weighted by Gasteiger charge is -2.29. The molecular formula is C15H13Br2N. The Kier molecular flexibility index (Phi) is 4.42. The number of nitriles is 1. The molecular weight excluding hydrogens is 354 g/mol. The average Bonchev–Trinajstić information content (AvgIpc) is 2.47. The van der Waals surface area contributed by atoms with E-state index in [1.54, 1.807) is 0 Å². The Morgan fingerprint density at radius 1 is 1.17 bits per heavy atom. The quantitative estimate of drug-likeness (QED) is 0.568. The summed E-state index contributed by atoms with van der Waals surface area (Å²) in [7, 11) is 0. The van der Waals surface area contributed by atoms with Crippen LogP contribution in [-0.2, 0) is 0 Å². The zero-order chi connectivity index (χ0) is 13.0. The topological polar surface area (TPSA) is 23.8 Å². The molecule has 1 atom stereocenters. The minimum absolute atomic E-state index is 0.0856. The van der Waals surface area contributed by atoms with Crippen molar-refractivity contribution in [2.75, 3.05) is 10.7 Å². The standard InChI is InChI=1S/C15H13Br2N/c16-10-15(11-17)7-6-14(13(8-15)9-18)12-4-2-1-3-5-12/h1-8,14H,10-11H2. The highest BCUT2D eigenvalue weighted by Crippen LogP contribution is 2.38. The van der Waals surface area contributed by atoms with Gasteiger partial charge < -0.3 is 0 Å². The van der Waals surface area contributed by atoms with Gasteiger partial charge in [-0.3, -0.25) is 0 Å². The molecule has 0 saturated carbocycles. The molecule has 1 aromatic carbocycles. The van der Waals surface area contributed by atoms with Crippen LogP contribution in [-0.4, -0.2) is 10.7 Å². The zero-order valence-corrected chi connectivity index (χ0v) is 13.0. The maximum Gasteiger partial charge on any atom is 0.0953 e. The highest BCUT2D eigenvalue weighted by molar-refractivity contribution is 9.09. The second kappa shape index (κ2) is 5.86. The minimum Gasteiger partial charge on any atom is -0.193 e. The minimum atomic E-state index is -0.0870. The second-order valence-electron chi connectivity index (χ2n) is 4.46. The van der Waals surface area contributed by atoms with Crippen LogP contribution in [0.2, 0.25) is 0 Å². The van der Waals surface area contributed by atoms with Crippen molar-refractivity contribution in [2.45, 2.75) is 5.92 Å². The smallest absolute Gasteiger partial charge is 0.0953 e. The normalized spacial score (nSPS) is 21.2. The first-order valence-corrected chi connectivity index (χ1v) is 7.98. The summed E-state index contributed by atoms with van der Waals surface area (Å²) in [4.78, 5) is 0. The van der Waals surface area contributed by atoms with Crippen molar-refractivity contribution in [3.8, 4) is 6.07 Å². The van der Waals surface area contributed by atoms with Gasteiger partial charge >= 0.3 is 0 Å². The van der Waals surface area contributed by atoms with Crippen LogP contribution < -0.4 is 0 Å². The molecule has 0 heterocycles. The van der Waals surface area contributed by atoms with Crippen LogP contribution in [0.15, 0.2) is 54.1 Å². The molecule has 0 N–H and O–H groups in total. The molecule has 1 unspecified atom stereocenters. The summed E-state index contributed by atoms with van der Waals surface area (Å²) in [6, 6.07) is 12.5. The number of alkyl halides is 2. The lowest BCUT2D eigenvalue weighted by molar-refractivity contribution is 0.637. The van der Waals surface area contributed by atoms with Crippen LogP contribution in [0.1, 0.15) is 11.5 Å². The van der Waals surface area contributed by atoms with Gasteiger partial charge in [-0.1, -0.05) is 80.4 Å². The van der Waals surface area contributed by atoms with Crippen molar-refractivity contribution < 1.29 is 0 Å². The molecule has 0 bridgehead atoms. The predicted molar refractivity (Wildman–Crippen MR) is 82.0 cm³/mol. The fraction of sp³-hybridized carbons (Fsp3) is 0.267. The first-order valence-electron chi connectivity index (χ1n) is 5.74. The van der Waals surface area contributed by atoms with Crippen molar-refractivity contribution in [1.29, 1.82) is 5.26 Å². The summed E-state index contributed by atoms with van der Waals surface area (Å²) in [6.07, 6.45) is 6.40. The highest BCUT2D eigenvalue weighted by atomic mass is 79.9. The van der Waals surface area contributed by atoms with Crippen LogP contribution in [0.4, 0.5) is 0 Å². The molecule has 1 aliphatic rings. The number of allylic oxidation sites excluding steroid dienone is 4. The summed E-state index contributed by atoms with van der Waals surface area (Å²) in [5.74, 6) is 0.0856. The van der Waals surface area contributed by atoms with Gasteiger partial charge in [-0.25, -0.2) is 0 Å². The van der Waals surface area contributed by atoms with E-state index in [1.807, 2.05) is 18.2 Å². The number of rotatable bonds is 3. The van der Waals surface area contributed by atoms with Gasteiger partial charge in [0.05, 0.1) is 6.07 Å². The van der Waals surface area contributed by atoms with Crippen molar-refractivity contribution >= 4 is 31.9 Å². The molecule has 1 nitrogen and oxygen atoms in total. The Morgan fingerprint density at radius 2 is 1.83 bits per heavy atom. The average molecular weight is 367 g/mol.